The van der Waals surface area contributed by atoms with Crippen LogP contribution in [0, 0.1) is 0 Å². The first kappa shape index (κ1) is 17.3. The van der Waals surface area contributed by atoms with Gasteiger partial charge in [-0.05, 0) is 12.8 Å². The number of ether oxygens (including phenoxy) is 1. The van der Waals surface area contributed by atoms with E-state index < -0.39 is 14.8 Å². The molecule has 0 bridgehead atoms. The predicted octanol–water partition coefficient (Wildman–Crippen LogP) is 2.15. The van der Waals surface area contributed by atoms with Gasteiger partial charge in [0.15, 0.2) is 0 Å². The molecule has 0 N–H and O–H groups in total. The van der Waals surface area contributed by atoms with Crippen LogP contribution >= 0.6 is 0 Å². The zero-order valence-electron chi connectivity index (χ0n) is 11.7. The van der Waals surface area contributed by atoms with Crippen LogP contribution in [0.4, 0.5) is 0 Å². The first-order chi connectivity index (χ1) is 8.60. The van der Waals surface area contributed by atoms with Crippen molar-refractivity contribution in [2.45, 2.75) is 31.7 Å². The molecule has 0 amide bonds. The summed E-state index contributed by atoms with van der Waals surface area (Å²) in [5.41, 5.74) is 0.125. The molecular formula is C12H24O5Si. The van der Waals surface area contributed by atoms with Crippen LogP contribution in [0.25, 0.3) is 0 Å². The van der Waals surface area contributed by atoms with Crippen LogP contribution in [-0.2, 0) is 22.8 Å². The Labute approximate surface area is 110 Å². The predicted molar refractivity (Wildman–Crippen MR) is 71.2 cm³/mol. The molecule has 0 rings (SSSR count). The quantitative estimate of drug-likeness (QED) is 0.348. The summed E-state index contributed by atoms with van der Waals surface area (Å²) in [4.78, 5) is 11.0. The highest BCUT2D eigenvalue weighted by atomic mass is 28.4. The van der Waals surface area contributed by atoms with Crippen LogP contribution < -0.4 is 0 Å². The first-order valence-corrected chi connectivity index (χ1v) is 7.85. The van der Waals surface area contributed by atoms with E-state index in [0.717, 1.165) is 18.9 Å². The van der Waals surface area contributed by atoms with Gasteiger partial charge >= 0.3 is 14.8 Å². The van der Waals surface area contributed by atoms with Crippen molar-refractivity contribution in [2.24, 2.45) is 0 Å². The normalized spacial score (nSPS) is 13.1. The summed E-state index contributed by atoms with van der Waals surface area (Å²) < 4.78 is 21.4. The van der Waals surface area contributed by atoms with E-state index >= 15 is 0 Å². The summed E-state index contributed by atoms with van der Waals surface area (Å²) in [6, 6.07) is 0. The van der Waals surface area contributed by atoms with E-state index in [0.29, 0.717) is 13.0 Å². The summed E-state index contributed by atoms with van der Waals surface area (Å²) in [7, 11) is 2.12. The maximum Gasteiger partial charge on any atom is 0.503 e. The largest absolute Gasteiger partial charge is 0.503 e. The molecule has 1 atom stereocenters. The smallest absolute Gasteiger partial charge is 0.463 e. The van der Waals surface area contributed by atoms with E-state index in [1.165, 1.54) is 0 Å². The van der Waals surface area contributed by atoms with Crippen molar-refractivity contribution in [3.8, 4) is 0 Å². The van der Waals surface area contributed by atoms with Crippen LogP contribution in [-0.4, -0.2) is 42.7 Å². The van der Waals surface area contributed by atoms with Crippen molar-refractivity contribution in [3.05, 3.63) is 12.7 Å². The minimum atomic E-state index is -2.67. The molecule has 0 saturated heterocycles. The van der Waals surface area contributed by atoms with Gasteiger partial charge < -0.3 is 18.0 Å². The number of rotatable bonds is 10. The standard InChI is InChI=1S/C12H24O5Si/c1-6-8-11(9-10-17-12(13)7-2)18(14-3,15-4)16-5/h7,11H,2,6,8-10H2,1,3-5H3. The lowest BCUT2D eigenvalue weighted by Gasteiger charge is -2.32. The Bertz CT molecular complexity index is 245. The summed E-state index contributed by atoms with van der Waals surface area (Å²) in [5, 5.41) is 0. The molecule has 5 nitrogen and oxygen atoms in total. The maximum absolute atomic E-state index is 11.0. The zero-order valence-corrected chi connectivity index (χ0v) is 12.7. The third-order valence-electron chi connectivity index (χ3n) is 2.87. The lowest BCUT2D eigenvalue weighted by atomic mass is 10.2. The molecule has 0 aliphatic rings. The van der Waals surface area contributed by atoms with Gasteiger partial charge in [-0.1, -0.05) is 19.9 Å². The van der Waals surface area contributed by atoms with E-state index in [1.54, 1.807) is 21.3 Å². The molecule has 18 heavy (non-hydrogen) atoms. The van der Waals surface area contributed by atoms with Crippen molar-refractivity contribution in [2.75, 3.05) is 27.9 Å². The number of hydrogen-bond donors (Lipinski definition) is 0. The molecule has 0 spiro atoms. The summed E-state index contributed by atoms with van der Waals surface area (Å²) in [6.45, 7) is 5.76. The Kier molecular flexibility index (Phi) is 8.91. The van der Waals surface area contributed by atoms with Crippen LogP contribution in [0.3, 0.4) is 0 Å². The molecule has 0 aliphatic heterocycles. The Morgan fingerprint density at radius 1 is 1.22 bits per heavy atom. The van der Waals surface area contributed by atoms with Crippen LogP contribution in [0.2, 0.25) is 5.54 Å². The molecule has 0 radical (unpaired) electrons. The van der Waals surface area contributed by atoms with Crippen molar-refractivity contribution in [1.82, 2.24) is 0 Å². The van der Waals surface area contributed by atoms with Crippen LogP contribution in [0.5, 0.6) is 0 Å². The average Bonchev–Trinajstić information content (AvgIpc) is 2.41. The fourth-order valence-corrected chi connectivity index (χ4v) is 4.57. The molecule has 0 aliphatic carbocycles. The summed E-state index contributed by atoms with van der Waals surface area (Å²) >= 11 is 0. The highest BCUT2D eigenvalue weighted by Gasteiger charge is 2.46. The van der Waals surface area contributed by atoms with Gasteiger partial charge in [0.05, 0.1) is 6.61 Å². The van der Waals surface area contributed by atoms with E-state index in [4.69, 9.17) is 18.0 Å². The van der Waals surface area contributed by atoms with Gasteiger partial charge in [0, 0.05) is 32.9 Å². The van der Waals surface area contributed by atoms with Gasteiger partial charge in [0.25, 0.3) is 0 Å². The molecule has 0 saturated carbocycles. The van der Waals surface area contributed by atoms with E-state index in [2.05, 4.69) is 13.5 Å². The second-order valence-corrected chi connectivity index (χ2v) is 7.11. The molecule has 0 aromatic carbocycles. The monoisotopic (exact) mass is 276 g/mol. The van der Waals surface area contributed by atoms with Gasteiger partial charge in [-0.25, -0.2) is 4.79 Å². The molecule has 0 heterocycles. The fourth-order valence-electron chi connectivity index (χ4n) is 1.96. The minimum absolute atomic E-state index is 0.125. The van der Waals surface area contributed by atoms with E-state index in [9.17, 15) is 4.79 Å². The third-order valence-corrected chi connectivity index (χ3v) is 6.15. The number of hydrogen-bond acceptors (Lipinski definition) is 5. The van der Waals surface area contributed by atoms with Crippen molar-refractivity contribution < 1.29 is 22.8 Å². The third kappa shape index (κ3) is 4.89. The molecule has 106 valence electrons. The Morgan fingerprint density at radius 3 is 2.17 bits per heavy atom. The van der Waals surface area contributed by atoms with Crippen molar-refractivity contribution in [1.29, 1.82) is 0 Å². The zero-order chi connectivity index (χ0) is 14.0. The molecule has 0 fully saturated rings. The lowest BCUT2D eigenvalue weighted by molar-refractivity contribution is -0.137. The number of carbonyl (C=O) groups excluding carboxylic acids is 1. The summed E-state index contributed by atoms with van der Waals surface area (Å²) in [5.74, 6) is -0.412. The van der Waals surface area contributed by atoms with Gasteiger partial charge in [-0.2, -0.15) is 0 Å². The number of esters is 1. The van der Waals surface area contributed by atoms with Crippen LogP contribution in [0.1, 0.15) is 26.2 Å². The summed E-state index contributed by atoms with van der Waals surface area (Å²) in [6.07, 6.45) is 3.72. The van der Waals surface area contributed by atoms with E-state index in [-0.39, 0.29) is 5.54 Å². The van der Waals surface area contributed by atoms with Crippen LogP contribution in [0.15, 0.2) is 12.7 Å². The van der Waals surface area contributed by atoms with Gasteiger partial charge in [-0.15, -0.1) is 0 Å². The van der Waals surface area contributed by atoms with Gasteiger partial charge in [-0.3, -0.25) is 0 Å². The second kappa shape index (κ2) is 9.27. The van der Waals surface area contributed by atoms with Gasteiger partial charge in [0.2, 0.25) is 0 Å². The lowest BCUT2D eigenvalue weighted by Crippen LogP contribution is -2.48. The topological polar surface area (TPSA) is 54.0 Å². The molecule has 1 unspecified atom stereocenters. The molecule has 6 heteroatoms. The van der Waals surface area contributed by atoms with E-state index in [1.807, 2.05) is 0 Å². The fraction of sp³-hybridized carbons (Fsp3) is 0.750. The Morgan fingerprint density at radius 2 is 1.78 bits per heavy atom. The second-order valence-electron chi connectivity index (χ2n) is 3.86. The molecule has 0 aromatic rings. The Balaban J connectivity index is 4.52. The first-order valence-electron chi connectivity index (χ1n) is 6.04. The Hall–Kier alpha value is -0.693. The minimum Gasteiger partial charge on any atom is -0.463 e. The highest BCUT2D eigenvalue weighted by molar-refractivity contribution is 6.62. The van der Waals surface area contributed by atoms with Crippen molar-refractivity contribution >= 4 is 14.8 Å². The molecule has 0 aromatic heterocycles. The average molecular weight is 276 g/mol. The number of carbonyl (C=O) groups is 1. The maximum atomic E-state index is 11.0. The van der Waals surface area contributed by atoms with Crippen molar-refractivity contribution in [3.63, 3.8) is 0 Å². The SMILES string of the molecule is C=CC(=O)OCCC(CCC)[Si](OC)(OC)OC. The van der Waals surface area contributed by atoms with Gasteiger partial charge in [0.1, 0.15) is 0 Å². The highest BCUT2D eigenvalue weighted by Crippen LogP contribution is 2.32. The molecular weight excluding hydrogens is 252 g/mol.